The molecule has 3 aromatic rings. The molecule has 1 N–H and O–H groups in total. The van der Waals surface area contributed by atoms with Gasteiger partial charge in [0.15, 0.2) is 6.10 Å². The fraction of sp³-hybridized carbons (Fsp3) is 0.227. The zero-order valence-corrected chi connectivity index (χ0v) is 17.3. The smallest absolute Gasteiger partial charge is 0.312 e. The first-order valence-corrected chi connectivity index (χ1v) is 9.98. The Hall–Kier alpha value is -3.19. The number of benzene rings is 2. The van der Waals surface area contributed by atoms with Crippen molar-refractivity contribution in [2.45, 2.75) is 26.4 Å². The molecule has 1 atom stereocenters. The van der Waals surface area contributed by atoms with E-state index in [0.29, 0.717) is 17.1 Å². The van der Waals surface area contributed by atoms with Crippen LogP contribution >= 0.6 is 11.3 Å². The lowest BCUT2D eigenvalue weighted by Crippen LogP contribution is -2.30. The molecule has 1 aromatic heterocycles. The topological polar surface area (TPSA) is 77.5 Å². The molecule has 3 rings (SSSR count). The second kappa shape index (κ2) is 9.34. The minimum Gasteiger partial charge on any atom is -0.497 e. The first-order valence-electron chi connectivity index (χ1n) is 9.10. The second-order valence-electron chi connectivity index (χ2n) is 6.54. The Morgan fingerprint density at radius 1 is 1.17 bits per heavy atom. The molecule has 6 nitrogen and oxygen atoms in total. The molecular formula is C22H22N2O4S. The van der Waals surface area contributed by atoms with Crippen LogP contribution in [-0.2, 0) is 20.7 Å². The summed E-state index contributed by atoms with van der Waals surface area (Å²) in [6, 6.07) is 14.9. The highest BCUT2D eigenvalue weighted by Gasteiger charge is 2.19. The summed E-state index contributed by atoms with van der Waals surface area (Å²) in [5.41, 5.74) is 3.39. The van der Waals surface area contributed by atoms with Gasteiger partial charge in [-0.2, -0.15) is 0 Å². The molecule has 0 spiro atoms. The normalized spacial score (nSPS) is 11.6. The molecule has 0 unspecified atom stereocenters. The van der Waals surface area contributed by atoms with Gasteiger partial charge in [0.1, 0.15) is 10.8 Å². The maximum atomic E-state index is 12.2. The van der Waals surface area contributed by atoms with E-state index < -0.39 is 18.0 Å². The number of carbonyl (C=O) groups excluding carboxylic acids is 2. The van der Waals surface area contributed by atoms with Gasteiger partial charge < -0.3 is 14.8 Å². The lowest BCUT2D eigenvalue weighted by Gasteiger charge is -2.13. The van der Waals surface area contributed by atoms with E-state index in [-0.39, 0.29) is 6.42 Å². The van der Waals surface area contributed by atoms with E-state index in [1.807, 2.05) is 36.6 Å². The van der Waals surface area contributed by atoms with Crippen LogP contribution in [0.25, 0.3) is 10.6 Å². The van der Waals surface area contributed by atoms with Crippen molar-refractivity contribution in [1.29, 1.82) is 0 Å². The lowest BCUT2D eigenvalue weighted by molar-refractivity contribution is -0.152. The number of rotatable bonds is 7. The zero-order chi connectivity index (χ0) is 20.8. The number of methoxy groups -OCH3 is 1. The van der Waals surface area contributed by atoms with Gasteiger partial charge in [0.2, 0.25) is 0 Å². The Morgan fingerprint density at radius 2 is 1.93 bits per heavy atom. The Balaban J connectivity index is 1.53. The Kier molecular flexibility index (Phi) is 6.61. The minimum atomic E-state index is -0.917. The molecule has 0 saturated carbocycles. The second-order valence-corrected chi connectivity index (χ2v) is 7.40. The minimum absolute atomic E-state index is 0.0163. The molecule has 0 aliphatic heterocycles. The largest absolute Gasteiger partial charge is 0.497 e. The summed E-state index contributed by atoms with van der Waals surface area (Å²) in [5.74, 6) is -0.207. The first kappa shape index (κ1) is 20.5. The van der Waals surface area contributed by atoms with Crippen LogP contribution in [0.15, 0.2) is 53.9 Å². The standard InChI is InChI=1S/C22H22N2O4S/c1-14-5-4-6-16(11-14)22-24-18(13-29-22)12-20(25)28-15(2)21(26)23-17-7-9-19(27-3)10-8-17/h4-11,13,15H,12H2,1-3H3,(H,23,26)/t15-/m0/s1. The van der Waals surface area contributed by atoms with Gasteiger partial charge in [-0.15, -0.1) is 11.3 Å². The van der Waals surface area contributed by atoms with Crippen molar-refractivity contribution < 1.29 is 19.1 Å². The molecule has 0 aliphatic rings. The van der Waals surface area contributed by atoms with Gasteiger partial charge >= 0.3 is 5.97 Å². The van der Waals surface area contributed by atoms with E-state index in [4.69, 9.17) is 9.47 Å². The van der Waals surface area contributed by atoms with E-state index in [1.165, 1.54) is 18.3 Å². The number of aryl methyl sites for hydroxylation is 1. The fourth-order valence-electron chi connectivity index (χ4n) is 2.66. The van der Waals surface area contributed by atoms with E-state index in [9.17, 15) is 9.59 Å². The van der Waals surface area contributed by atoms with Crippen LogP contribution in [-0.4, -0.2) is 30.1 Å². The highest BCUT2D eigenvalue weighted by Crippen LogP contribution is 2.24. The number of hydrogen-bond acceptors (Lipinski definition) is 6. The number of esters is 1. The number of aromatic nitrogens is 1. The molecule has 2 aromatic carbocycles. The number of amides is 1. The third-order valence-corrected chi connectivity index (χ3v) is 5.12. The highest BCUT2D eigenvalue weighted by atomic mass is 32.1. The highest BCUT2D eigenvalue weighted by molar-refractivity contribution is 7.13. The van der Waals surface area contributed by atoms with Crippen LogP contribution in [0.2, 0.25) is 0 Å². The van der Waals surface area contributed by atoms with Crippen LogP contribution in [0.3, 0.4) is 0 Å². The van der Waals surface area contributed by atoms with E-state index >= 15 is 0 Å². The number of hydrogen-bond donors (Lipinski definition) is 1. The molecule has 1 heterocycles. The quantitative estimate of drug-likeness (QED) is 0.590. The summed E-state index contributed by atoms with van der Waals surface area (Å²) in [6.45, 7) is 3.56. The van der Waals surface area contributed by atoms with Crippen molar-refractivity contribution in [3.05, 3.63) is 65.2 Å². The molecule has 1 amide bonds. The maximum absolute atomic E-state index is 12.2. The van der Waals surface area contributed by atoms with Crippen molar-refractivity contribution in [2.24, 2.45) is 0 Å². The number of nitrogens with zero attached hydrogens (tertiary/aromatic N) is 1. The third kappa shape index (κ3) is 5.65. The van der Waals surface area contributed by atoms with Gasteiger partial charge in [-0.3, -0.25) is 9.59 Å². The van der Waals surface area contributed by atoms with Crippen molar-refractivity contribution >= 4 is 28.9 Å². The predicted molar refractivity (Wildman–Crippen MR) is 113 cm³/mol. The number of ether oxygens (including phenoxy) is 2. The number of anilines is 1. The van der Waals surface area contributed by atoms with Crippen LogP contribution in [0, 0.1) is 6.92 Å². The monoisotopic (exact) mass is 410 g/mol. The van der Waals surface area contributed by atoms with E-state index in [2.05, 4.69) is 10.3 Å². The SMILES string of the molecule is COc1ccc(NC(=O)[C@H](C)OC(=O)Cc2csc(-c3cccc(C)c3)n2)cc1. The van der Waals surface area contributed by atoms with Crippen LogP contribution in [0.1, 0.15) is 18.2 Å². The summed E-state index contributed by atoms with van der Waals surface area (Å²) < 4.78 is 10.3. The number of nitrogens with one attached hydrogen (secondary N) is 1. The van der Waals surface area contributed by atoms with Crippen LogP contribution in [0.4, 0.5) is 5.69 Å². The summed E-state index contributed by atoms with van der Waals surface area (Å²) in [6.07, 6.45) is -0.901. The molecule has 0 saturated heterocycles. The van der Waals surface area contributed by atoms with Crippen LogP contribution in [0.5, 0.6) is 5.75 Å². The maximum Gasteiger partial charge on any atom is 0.312 e. The lowest BCUT2D eigenvalue weighted by atomic mass is 10.1. The van der Waals surface area contributed by atoms with Crippen molar-refractivity contribution in [3.8, 4) is 16.3 Å². The number of thiazole rings is 1. The average molecular weight is 410 g/mol. The van der Waals surface area contributed by atoms with Crippen LogP contribution < -0.4 is 10.1 Å². The summed E-state index contributed by atoms with van der Waals surface area (Å²) in [4.78, 5) is 29.0. The van der Waals surface area contributed by atoms with E-state index in [1.54, 1.807) is 31.4 Å². The molecular weight excluding hydrogens is 388 g/mol. The Bertz CT molecular complexity index is 998. The zero-order valence-electron chi connectivity index (χ0n) is 16.5. The van der Waals surface area contributed by atoms with E-state index in [0.717, 1.165) is 16.1 Å². The van der Waals surface area contributed by atoms with Gasteiger partial charge in [-0.25, -0.2) is 4.98 Å². The van der Waals surface area contributed by atoms with Gasteiger partial charge in [-0.1, -0.05) is 23.8 Å². The molecule has 0 radical (unpaired) electrons. The molecule has 29 heavy (non-hydrogen) atoms. The van der Waals surface area contributed by atoms with Gasteiger partial charge in [-0.05, 0) is 44.2 Å². The third-order valence-electron chi connectivity index (χ3n) is 4.18. The Morgan fingerprint density at radius 3 is 2.62 bits per heavy atom. The van der Waals surface area contributed by atoms with Crippen molar-refractivity contribution in [2.75, 3.05) is 12.4 Å². The Labute approximate surface area is 173 Å². The summed E-state index contributed by atoms with van der Waals surface area (Å²) in [7, 11) is 1.57. The van der Waals surface area contributed by atoms with Gasteiger partial charge in [0.25, 0.3) is 5.91 Å². The predicted octanol–water partition coefficient (Wildman–Crippen LogP) is 4.24. The molecule has 150 valence electrons. The molecule has 0 aliphatic carbocycles. The van der Waals surface area contributed by atoms with Crippen molar-refractivity contribution in [1.82, 2.24) is 4.98 Å². The van der Waals surface area contributed by atoms with Gasteiger partial charge in [0.05, 0.1) is 19.2 Å². The summed E-state index contributed by atoms with van der Waals surface area (Å²) >= 11 is 1.47. The molecule has 0 fully saturated rings. The average Bonchev–Trinajstić information content (AvgIpc) is 3.16. The number of carbonyl (C=O) groups is 2. The molecule has 7 heteroatoms. The summed E-state index contributed by atoms with van der Waals surface area (Å²) in [5, 5.41) is 5.39. The van der Waals surface area contributed by atoms with Gasteiger partial charge in [0, 0.05) is 16.6 Å². The fourth-order valence-corrected chi connectivity index (χ4v) is 3.47. The molecule has 0 bridgehead atoms. The first-order chi connectivity index (χ1) is 13.9. The van der Waals surface area contributed by atoms with Crippen molar-refractivity contribution in [3.63, 3.8) is 0 Å².